The highest BCUT2D eigenvalue weighted by molar-refractivity contribution is 6.21. The van der Waals surface area contributed by atoms with Crippen LogP contribution in [-0.2, 0) is 9.53 Å². The molecule has 5 heteroatoms. The number of rotatable bonds is 30. The molecule has 2 aliphatic carbocycles. The van der Waals surface area contributed by atoms with E-state index < -0.39 is 6.10 Å². The average molecular weight is 692 g/mol. The van der Waals surface area contributed by atoms with Crippen molar-refractivity contribution >= 4 is 17.6 Å². The van der Waals surface area contributed by atoms with Crippen molar-refractivity contribution in [2.75, 3.05) is 6.61 Å². The summed E-state index contributed by atoms with van der Waals surface area (Å²) in [7, 11) is 0. The standard InChI is InChI=1S/C43H75ClO4/c1-3-5-6-7-8-9-10-11-12-13-14-15-16-17-18-19-20-23-26-35-48-42(47)32-25-22-21-24-29-37-38(40(45)36-39(37)44)30-27-31-41(46)43(4-2)33-28-34-43/h21,23-24,26-27,30,37-41,45-46H,3-20,22,25,28-29,31-36H2,1-2H3/b24-21-,26-23+,30-27+/t37-,38-,39-,40-,41+/m1/s1. The third-order valence-electron chi connectivity index (χ3n) is 11.4. The predicted molar refractivity (Wildman–Crippen MR) is 205 cm³/mol. The van der Waals surface area contributed by atoms with E-state index in [0.29, 0.717) is 25.9 Å². The van der Waals surface area contributed by atoms with Crippen LogP contribution in [0.15, 0.2) is 36.5 Å². The first-order chi connectivity index (χ1) is 23.4. The van der Waals surface area contributed by atoms with Crippen LogP contribution in [0.4, 0.5) is 0 Å². The minimum absolute atomic E-state index is 0.0235. The van der Waals surface area contributed by atoms with Gasteiger partial charge in [0.1, 0.15) is 6.61 Å². The fourth-order valence-corrected chi connectivity index (χ4v) is 8.23. The van der Waals surface area contributed by atoms with Gasteiger partial charge in [0.2, 0.25) is 0 Å². The number of aliphatic hydroxyl groups excluding tert-OH is 2. The number of carbonyl (C=O) groups excluding carboxylic acids is 1. The molecule has 0 aromatic heterocycles. The van der Waals surface area contributed by atoms with E-state index in [2.05, 4.69) is 44.2 Å². The van der Waals surface area contributed by atoms with Gasteiger partial charge in [-0.05, 0) is 75.5 Å². The van der Waals surface area contributed by atoms with Crippen molar-refractivity contribution in [1.29, 1.82) is 0 Å². The number of alkyl halides is 1. The molecule has 0 unspecified atom stereocenters. The maximum absolute atomic E-state index is 12.1. The Kier molecular flexibility index (Phi) is 24.8. The first-order valence-electron chi connectivity index (χ1n) is 20.6. The normalized spacial score (nSPS) is 23.0. The summed E-state index contributed by atoms with van der Waals surface area (Å²) in [5.74, 6) is 0.0795. The predicted octanol–water partition coefficient (Wildman–Crippen LogP) is 12.3. The molecule has 0 amide bonds. The Morgan fingerprint density at radius 2 is 1.35 bits per heavy atom. The number of ether oxygens (including phenoxy) is 1. The summed E-state index contributed by atoms with van der Waals surface area (Å²) in [6.45, 7) is 4.84. The first-order valence-corrected chi connectivity index (χ1v) is 21.0. The Balaban J connectivity index is 1.41. The zero-order valence-corrected chi connectivity index (χ0v) is 32.0. The molecule has 5 atom stereocenters. The summed E-state index contributed by atoms with van der Waals surface area (Å²) >= 11 is 6.62. The lowest BCUT2D eigenvalue weighted by molar-refractivity contribution is -0.142. The zero-order valence-electron chi connectivity index (χ0n) is 31.2. The van der Waals surface area contributed by atoms with Crippen molar-refractivity contribution in [3.63, 3.8) is 0 Å². The van der Waals surface area contributed by atoms with Crippen molar-refractivity contribution in [3.05, 3.63) is 36.5 Å². The van der Waals surface area contributed by atoms with E-state index >= 15 is 0 Å². The molecule has 0 heterocycles. The van der Waals surface area contributed by atoms with Crippen molar-refractivity contribution in [2.24, 2.45) is 17.3 Å². The molecule has 0 bridgehead atoms. The number of allylic oxidation sites excluding steroid dienone is 3. The molecular formula is C43H75ClO4. The minimum atomic E-state index is -0.430. The number of unbranched alkanes of at least 4 members (excludes halogenated alkanes) is 17. The third-order valence-corrected chi connectivity index (χ3v) is 11.9. The first kappa shape index (κ1) is 43.1. The number of hydrogen-bond acceptors (Lipinski definition) is 4. The van der Waals surface area contributed by atoms with Crippen LogP contribution in [0.25, 0.3) is 0 Å². The summed E-state index contributed by atoms with van der Waals surface area (Å²) in [5, 5.41) is 21.3. The molecule has 2 rings (SSSR count). The molecule has 2 aliphatic rings. The summed E-state index contributed by atoms with van der Waals surface area (Å²) < 4.78 is 5.38. The Labute approximate surface area is 301 Å². The van der Waals surface area contributed by atoms with Gasteiger partial charge in [-0.2, -0.15) is 0 Å². The lowest BCUT2D eigenvalue weighted by Gasteiger charge is -2.45. The van der Waals surface area contributed by atoms with Crippen molar-refractivity contribution in [1.82, 2.24) is 0 Å². The molecule has 2 saturated carbocycles. The number of halogens is 1. The van der Waals surface area contributed by atoms with Crippen LogP contribution < -0.4 is 0 Å². The molecule has 0 radical (unpaired) electrons. The zero-order chi connectivity index (χ0) is 34.7. The minimum Gasteiger partial charge on any atom is -0.461 e. The maximum Gasteiger partial charge on any atom is 0.306 e. The summed E-state index contributed by atoms with van der Waals surface area (Å²) in [5.41, 5.74) is 0.101. The van der Waals surface area contributed by atoms with Crippen LogP contribution in [0.1, 0.15) is 187 Å². The van der Waals surface area contributed by atoms with Crippen LogP contribution >= 0.6 is 11.6 Å². The summed E-state index contributed by atoms with van der Waals surface area (Å²) in [6, 6.07) is 0. The van der Waals surface area contributed by atoms with Crippen LogP contribution in [-0.4, -0.2) is 40.4 Å². The smallest absolute Gasteiger partial charge is 0.306 e. The third kappa shape index (κ3) is 18.2. The van der Waals surface area contributed by atoms with Gasteiger partial charge in [0.05, 0.1) is 12.2 Å². The molecule has 0 aromatic rings. The van der Waals surface area contributed by atoms with E-state index in [4.69, 9.17) is 16.3 Å². The highest BCUT2D eigenvalue weighted by Crippen LogP contribution is 2.48. The van der Waals surface area contributed by atoms with Gasteiger partial charge in [-0.15, -0.1) is 11.6 Å². The van der Waals surface area contributed by atoms with Crippen LogP contribution in [0.5, 0.6) is 0 Å². The monoisotopic (exact) mass is 691 g/mol. The molecule has 0 aromatic carbocycles. The second-order valence-electron chi connectivity index (χ2n) is 15.2. The Morgan fingerprint density at radius 1 is 0.792 bits per heavy atom. The van der Waals surface area contributed by atoms with Gasteiger partial charge in [0, 0.05) is 17.7 Å². The molecule has 278 valence electrons. The molecular weight excluding hydrogens is 616 g/mol. The maximum atomic E-state index is 12.1. The van der Waals surface area contributed by atoms with Gasteiger partial charge in [-0.3, -0.25) is 4.79 Å². The number of hydrogen-bond donors (Lipinski definition) is 2. The Hall–Kier alpha value is -1.10. The highest BCUT2D eigenvalue weighted by atomic mass is 35.5. The average Bonchev–Trinajstić information content (AvgIpc) is 3.32. The second-order valence-corrected chi connectivity index (χ2v) is 15.7. The van der Waals surface area contributed by atoms with Crippen LogP contribution in [0.3, 0.4) is 0 Å². The lowest BCUT2D eigenvalue weighted by atomic mass is 9.63. The summed E-state index contributed by atoms with van der Waals surface area (Å²) in [4.78, 5) is 12.1. The van der Waals surface area contributed by atoms with E-state index in [-0.39, 0.29) is 34.7 Å². The number of carbonyl (C=O) groups is 1. The quantitative estimate of drug-likeness (QED) is 0.0341. The molecule has 48 heavy (non-hydrogen) atoms. The van der Waals surface area contributed by atoms with Crippen molar-refractivity contribution in [2.45, 2.75) is 205 Å². The topological polar surface area (TPSA) is 66.8 Å². The largest absolute Gasteiger partial charge is 0.461 e. The van der Waals surface area contributed by atoms with E-state index in [9.17, 15) is 15.0 Å². The molecule has 0 saturated heterocycles. The number of esters is 1. The molecule has 2 N–H and O–H groups in total. The molecule has 0 spiro atoms. The van der Waals surface area contributed by atoms with E-state index in [1.165, 1.54) is 109 Å². The molecule has 2 fully saturated rings. The van der Waals surface area contributed by atoms with Gasteiger partial charge in [0.25, 0.3) is 0 Å². The van der Waals surface area contributed by atoms with Crippen molar-refractivity contribution < 1.29 is 19.7 Å². The van der Waals surface area contributed by atoms with Gasteiger partial charge < -0.3 is 14.9 Å². The molecule has 4 nitrogen and oxygen atoms in total. The van der Waals surface area contributed by atoms with E-state index in [0.717, 1.165) is 44.9 Å². The van der Waals surface area contributed by atoms with Gasteiger partial charge >= 0.3 is 5.97 Å². The fraction of sp³-hybridized carbons (Fsp3) is 0.837. The summed E-state index contributed by atoms with van der Waals surface area (Å²) in [6.07, 6.45) is 43.8. The van der Waals surface area contributed by atoms with Crippen molar-refractivity contribution in [3.8, 4) is 0 Å². The number of aliphatic hydroxyl groups is 2. The molecule has 0 aliphatic heterocycles. The van der Waals surface area contributed by atoms with Gasteiger partial charge in [-0.1, -0.05) is 153 Å². The van der Waals surface area contributed by atoms with E-state index in [1.54, 1.807) is 0 Å². The van der Waals surface area contributed by atoms with Crippen LogP contribution in [0, 0.1) is 17.3 Å². The van der Waals surface area contributed by atoms with Gasteiger partial charge in [0.15, 0.2) is 0 Å². The second kappa shape index (κ2) is 27.6. The lowest BCUT2D eigenvalue weighted by Crippen LogP contribution is -2.40. The Bertz CT molecular complexity index is 873. The van der Waals surface area contributed by atoms with E-state index in [1.807, 2.05) is 6.08 Å². The fourth-order valence-electron chi connectivity index (χ4n) is 7.78. The Morgan fingerprint density at radius 3 is 1.92 bits per heavy atom. The van der Waals surface area contributed by atoms with Gasteiger partial charge in [-0.25, -0.2) is 0 Å². The SMILES string of the molecule is CCCCCCCCCCCCCCCCCC/C=C/COC(=O)CCC/C=C\C[C@@H]1[C@@H](/C=C/C[C@H](O)C2(CC)CCC2)[C@H](O)C[C@H]1Cl. The van der Waals surface area contributed by atoms with Crippen LogP contribution in [0.2, 0.25) is 0 Å². The highest BCUT2D eigenvalue weighted by Gasteiger charge is 2.42.